The molecule has 0 fully saturated rings. The molecule has 3 nitrogen and oxygen atoms in total. The molecule has 0 aliphatic rings. The molecular formula is C10H8BrF3O3. The van der Waals surface area contributed by atoms with Crippen molar-refractivity contribution in [1.29, 1.82) is 0 Å². The van der Waals surface area contributed by atoms with E-state index in [9.17, 15) is 18.0 Å². The summed E-state index contributed by atoms with van der Waals surface area (Å²) in [6, 6.07) is 4.45. The fourth-order valence-corrected chi connectivity index (χ4v) is 1.52. The van der Waals surface area contributed by atoms with Gasteiger partial charge in [0.15, 0.2) is 12.4 Å². The summed E-state index contributed by atoms with van der Waals surface area (Å²) in [6.45, 7) is -0.965. The van der Waals surface area contributed by atoms with Crippen LogP contribution in [-0.2, 0) is 0 Å². The number of rotatable bonds is 4. The molecule has 0 saturated carbocycles. The standard InChI is InChI=1S/C10H8BrF3O3/c11-7-3-1-2-6(4-15)9(7)17-5-8(16)10(12,13)14/h1-4,8,16H,5H2. The lowest BCUT2D eigenvalue weighted by molar-refractivity contribution is -0.210. The summed E-state index contributed by atoms with van der Waals surface area (Å²) in [7, 11) is 0. The summed E-state index contributed by atoms with van der Waals surface area (Å²) in [5.74, 6) is -0.0224. The molecule has 0 saturated heterocycles. The Bertz CT molecular complexity index is 406. The van der Waals surface area contributed by atoms with Crippen molar-refractivity contribution in [1.82, 2.24) is 0 Å². The van der Waals surface area contributed by atoms with Gasteiger partial charge in [-0.25, -0.2) is 0 Å². The molecule has 0 bridgehead atoms. The third-order valence-corrected chi connectivity index (χ3v) is 2.51. The molecule has 1 aromatic carbocycles. The van der Waals surface area contributed by atoms with Crippen molar-refractivity contribution in [3.8, 4) is 5.75 Å². The van der Waals surface area contributed by atoms with Gasteiger partial charge in [0.2, 0.25) is 0 Å². The Morgan fingerprint density at radius 1 is 1.47 bits per heavy atom. The Morgan fingerprint density at radius 3 is 2.65 bits per heavy atom. The normalized spacial score (nSPS) is 13.2. The van der Waals surface area contributed by atoms with Crippen LogP contribution >= 0.6 is 15.9 Å². The minimum atomic E-state index is -4.75. The lowest BCUT2D eigenvalue weighted by atomic mass is 10.2. The number of hydrogen-bond acceptors (Lipinski definition) is 3. The van der Waals surface area contributed by atoms with E-state index in [2.05, 4.69) is 15.9 Å². The van der Waals surface area contributed by atoms with E-state index < -0.39 is 18.9 Å². The predicted molar refractivity (Wildman–Crippen MR) is 57.1 cm³/mol. The summed E-state index contributed by atoms with van der Waals surface area (Å²) in [5, 5.41) is 8.75. The van der Waals surface area contributed by atoms with Crippen LogP contribution in [0.3, 0.4) is 0 Å². The third-order valence-electron chi connectivity index (χ3n) is 1.89. The van der Waals surface area contributed by atoms with E-state index in [1.807, 2.05) is 0 Å². The molecular weight excluding hydrogens is 305 g/mol. The number of benzene rings is 1. The first-order chi connectivity index (χ1) is 7.86. The molecule has 0 radical (unpaired) electrons. The third kappa shape index (κ3) is 3.71. The molecule has 0 aliphatic carbocycles. The number of hydrogen-bond donors (Lipinski definition) is 1. The van der Waals surface area contributed by atoms with Crippen LogP contribution in [0.25, 0.3) is 0 Å². The van der Waals surface area contributed by atoms with E-state index in [-0.39, 0.29) is 11.3 Å². The first-order valence-electron chi connectivity index (χ1n) is 4.47. The van der Waals surface area contributed by atoms with Crippen LogP contribution in [0.4, 0.5) is 13.2 Å². The number of alkyl halides is 3. The molecule has 0 amide bonds. The largest absolute Gasteiger partial charge is 0.489 e. The van der Waals surface area contributed by atoms with Gasteiger partial charge in [-0.15, -0.1) is 0 Å². The van der Waals surface area contributed by atoms with Gasteiger partial charge >= 0.3 is 6.18 Å². The van der Waals surface area contributed by atoms with E-state index >= 15 is 0 Å². The topological polar surface area (TPSA) is 46.5 Å². The first-order valence-corrected chi connectivity index (χ1v) is 5.27. The summed E-state index contributed by atoms with van der Waals surface area (Å²) < 4.78 is 41.2. The van der Waals surface area contributed by atoms with Gasteiger partial charge in [0.1, 0.15) is 12.4 Å². The van der Waals surface area contributed by atoms with Gasteiger partial charge in [0.25, 0.3) is 0 Å². The van der Waals surface area contributed by atoms with Crippen LogP contribution in [0.2, 0.25) is 0 Å². The maximum atomic E-state index is 12.0. The van der Waals surface area contributed by atoms with Gasteiger partial charge in [0, 0.05) is 0 Å². The average Bonchev–Trinajstić information content (AvgIpc) is 2.25. The number of aliphatic hydroxyl groups excluding tert-OH is 1. The zero-order valence-corrected chi connectivity index (χ0v) is 9.96. The molecule has 1 aromatic rings. The number of halogens is 4. The highest BCUT2D eigenvalue weighted by atomic mass is 79.9. The molecule has 1 rings (SSSR count). The number of aliphatic hydroxyl groups is 1. The summed E-state index contributed by atoms with van der Waals surface area (Å²) in [6.07, 6.45) is -6.88. The second kappa shape index (κ2) is 5.50. The van der Waals surface area contributed by atoms with Crippen LogP contribution in [-0.4, -0.2) is 30.3 Å². The number of para-hydroxylation sites is 1. The minimum absolute atomic E-state index is 0.0224. The van der Waals surface area contributed by atoms with Gasteiger partial charge in [-0.2, -0.15) is 13.2 Å². The zero-order valence-electron chi connectivity index (χ0n) is 8.37. The van der Waals surface area contributed by atoms with Gasteiger partial charge in [-0.1, -0.05) is 6.07 Å². The van der Waals surface area contributed by atoms with Crippen molar-refractivity contribution in [3.05, 3.63) is 28.2 Å². The van der Waals surface area contributed by atoms with Crippen molar-refractivity contribution in [3.63, 3.8) is 0 Å². The van der Waals surface area contributed by atoms with Crippen LogP contribution in [0.5, 0.6) is 5.75 Å². The van der Waals surface area contributed by atoms with Gasteiger partial charge < -0.3 is 9.84 Å². The summed E-state index contributed by atoms with van der Waals surface area (Å²) in [4.78, 5) is 10.6. The molecule has 17 heavy (non-hydrogen) atoms. The van der Waals surface area contributed by atoms with Crippen LogP contribution in [0, 0.1) is 0 Å². The highest BCUT2D eigenvalue weighted by Gasteiger charge is 2.38. The lowest BCUT2D eigenvalue weighted by Crippen LogP contribution is -2.34. The van der Waals surface area contributed by atoms with Crippen LogP contribution in [0.15, 0.2) is 22.7 Å². The Morgan fingerprint density at radius 2 is 2.12 bits per heavy atom. The van der Waals surface area contributed by atoms with E-state index in [1.54, 1.807) is 6.07 Å². The van der Waals surface area contributed by atoms with Crippen molar-refractivity contribution >= 4 is 22.2 Å². The molecule has 1 unspecified atom stereocenters. The SMILES string of the molecule is O=Cc1cccc(Br)c1OCC(O)C(F)(F)F. The number of aldehydes is 1. The molecule has 1 atom stereocenters. The monoisotopic (exact) mass is 312 g/mol. The van der Waals surface area contributed by atoms with Crippen molar-refractivity contribution in [2.45, 2.75) is 12.3 Å². The average molecular weight is 313 g/mol. The number of ether oxygens (including phenoxy) is 1. The lowest BCUT2D eigenvalue weighted by Gasteiger charge is -2.16. The Balaban J connectivity index is 2.79. The van der Waals surface area contributed by atoms with Gasteiger partial charge in [-0.05, 0) is 28.1 Å². The maximum Gasteiger partial charge on any atom is 0.417 e. The molecule has 7 heteroatoms. The number of carbonyl (C=O) groups is 1. The van der Waals surface area contributed by atoms with E-state index in [0.717, 1.165) is 0 Å². The Hall–Kier alpha value is -1.08. The molecule has 0 aliphatic heterocycles. The minimum Gasteiger partial charge on any atom is -0.489 e. The fraction of sp³-hybridized carbons (Fsp3) is 0.300. The van der Waals surface area contributed by atoms with E-state index in [4.69, 9.17) is 9.84 Å². The molecule has 0 aromatic heterocycles. The summed E-state index contributed by atoms with van der Waals surface area (Å²) in [5.41, 5.74) is 0.105. The molecule has 0 spiro atoms. The maximum absolute atomic E-state index is 12.0. The van der Waals surface area contributed by atoms with Gasteiger partial charge in [0.05, 0.1) is 10.0 Å². The van der Waals surface area contributed by atoms with E-state index in [0.29, 0.717) is 10.8 Å². The highest BCUT2D eigenvalue weighted by molar-refractivity contribution is 9.10. The quantitative estimate of drug-likeness (QED) is 0.869. The van der Waals surface area contributed by atoms with Crippen molar-refractivity contribution < 1.29 is 27.8 Å². The molecule has 94 valence electrons. The highest BCUT2D eigenvalue weighted by Crippen LogP contribution is 2.29. The second-order valence-corrected chi connectivity index (χ2v) is 4.00. The molecule has 0 heterocycles. The van der Waals surface area contributed by atoms with E-state index in [1.165, 1.54) is 12.1 Å². The molecule has 1 N–H and O–H groups in total. The second-order valence-electron chi connectivity index (χ2n) is 3.14. The fourth-order valence-electron chi connectivity index (χ4n) is 1.03. The Labute approximate surface area is 103 Å². The van der Waals surface area contributed by atoms with Crippen molar-refractivity contribution in [2.75, 3.05) is 6.61 Å². The van der Waals surface area contributed by atoms with Crippen LogP contribution < -0.4 is 4.74 Å². The van der Waals surface area contributed by atoms with Crippen molar-refractivity contribution in [2.24, 2.45) is 0 Å². The predicted octanol–water partition coefficient (Wildman–Crippen LogP) is 2.56. The van der Waals surface area contributed by atoms with Gasteiger partial charge in [-0.3, -0.25) is 4.79 Å². The summed E-state index contributed by atoms with van der Waals surface area (Å²) >= 11 is 3.04. The first kappa shape index (κ1) is 14.0. The van der Waals surface area contributed by atoms with Crippen LogP contribution in [0.1, 0.15) is 10.4 Å². The smallest absolute Gasteiger partial charge is 0.417 e. The number of carbonyl (C=O) groups excluding carboxylic acids is 1. The zero-order chi connectivity index (χ0) is 13.1. The Kier molecular flexibility index (Phi) is 4.53.